The Labute approximate surface area is 545 Å². The summed E-state index contributed by atoms with van der Waals surface area (Å²) in [7, 11) is -26.3. The molecular formula is C45H76N6O38S6. The molecule has 17 N–H and O–H groups in total. The Hall–Kier alpha value is -3.32. The van der Waals surface area contributed by atoms with Crippen LogP contribution >= 0.6 is 0 Å². The van der Waals surface area contributed by atoms with Crippen LogP contribution in [0.1, 0.15) is 52.9 Å². The first-order valence-corrected chi connectivity index (χ1v) is 36.7. The Morgan fingerprint density at radius 1 is 0.558 bits per heavy atom. The van der Waals surface area contributed by atoms with Gasteiger partial charge in [-0.1, -0.05) is 20.8 Å². The summed E-state index contributed by atoms with van der Waals surface area (Å²) < 4.78 is 263. The highest BCUT2D eigenvalue weighted by Crippen LogP contribution is 2.39. The molecule has 6 aliphatic rings. The van der Waals surface area contributed by atoms with Gasteiger partial charge in [-0.15, -0.1) is 0 Å². The molecule has 50 heteroatoms. The van der Waals surface area contributed by atoms with Crippen LogP contribution < -0.4 is 25.0 Å². The van der Waals surface area contributed by atoms with Crippen LogP contribution in [0.3, 0.4) is 0 Å². The summed E-state index contributed by atoms with van der Waals surface area (Å²) in [4.78, 5) is 51.8. The fourth-order valence-electron chi connectivity index (χ4n) is 11.7. The Kier molecular flexibility index (Phi) is 28.4. The van der Waals surface area contributed by atoms with Crippen LogP contribution in [0.15, 0.2) is 12.2 Å². The van der Waals surface area contributed by atoms with Crippen LogP contribution in [0.25, 0.3) is 0 Å². The monoisotopic (exact) mass is 1500 g/mol. The molecule has 5 heterocycles. The van der Waals surface area contributed by atoms with Gasteiger partial charge in [-0.2, -0.15) is 56.3 Å². The summed E-state index contributed by atoms with van der Waals surface area (Å²) in [6, 6.07) is -6.12. The molecule has 26 unspecified atom stereocenters. The second-order valence-electron chi connectivity index (χ2n) is 22.3. The number of ether oxygens (including phenoxy) is 9. The van der Waals surface area contributed by atoms with E-state index >= 15 is 0 Å². The van der Waals surface area contributed by atoms with Gasteiger partial charge in [0.15, 0.2) is 23.7 Å². The lowest BCUT2D eigenvalue weighted by Gasteiger charge is -2.49. The Bertz CT molecular complexity index is 3290. The van der Waals surface area contributed by atoms with Crippen molar-refractivity contribution in [2.24, 2.45) is 11.8 Å². The number of hydrazine groups is 1. The van der Waals surface area contributed by atoms with E-state index in [2.05, 4.69) is 0 Å². The van der Waals surface area contributed by atoms with Crippen molar-refractivity contribution in [2.45, 2.75) is 193 Å². The Morgan fingerprint density at radius 3 is 1.60 bits per heavy atom. The predicted molar refractivity (Wildman–Crippen MR) is 305 cm³/mol. The van der Waals surface area contributed by atoms with Crippen LogP contribution in [0.5, 0.6) is 0 Å². The highest BCUT2D eigenvalue weighted by Gasteiger charge is 2.57. The third kappa shape index (κ3) is 21.8. The van der Waals surface area contributed by atoms with Crippen molar-refractivity contribution in [3.8, 4) is 0 Å². The van der Waals surface area contributed by atoms with E-state index in [1.165, 1.54) is 20.8 Å². The van der Waals surface area contributed by atoms with Gasteiger partial charge >= 0.3 is 51.7 Å². The van der Waals surface area contributed by atoms with Crippen LogP contribution in [0, 0.1) is 11.8 Å². The maximum atomic E-state index is 14.1. The van der Waals surface area contributed by atoms with Crippen LogP contribution in [0.4, 0.5) is 0 Å². The largest absolute Gasteiger partial charge is 0.397 e. The van der Waals surface area contributed by atoms with Gasteiger partial charge in [0.1, 0.15) is 73.2 Å². The predicted octanol–water partition coefficient (Wildman–Crippen LogP) is -9.47. The Morgan fingerprint density at radius 2 is 1.07 bits per heavy atom. The van der Waals surface area contributed by atoms with Gasteiger partial charge in [-0.05, 0) is 19.3 Å². The van der Waals surface area contributed by atoms with Gasteiger partial charge in [0.05, 0.1) is 80.4 Å². The fourth-order valence-corrected chi connectivity index (χ4v) is 15.5. The van der Waals surface area contributed by atoms with E-state index in [9.17, 15) is 123 Å². The summed E-state index contributed by atoms with van der Waals surface area (Å²) in [5.41, 5.74) is 3.92. The molecule has 5 fully saturated rings. The van der Waals surface area contributed by atoms with Crippen molar-refractivity contribution in [2.75, 3.05) is 40.1 Å². The van der Waals surface area contributed by atoms with Crippen molar-refractivity contribution in [1.82, 2.24) is 29.9 Å². The summed E-state index contributed by atoms with van der Waals surface area (Å²) in [6.07, 6.45) is -37.9. The number of aliphatic hydroxyl groups is 6. The zero-order valence-electron chi connectivity index (χ0n) is 50.0. The number of hydrogen-bond donors (Lipinski definition) is 17. The number of nitrogens with one attached hydrogen (secondary N) is 5. The van der Waals surface area contributed by atoms with Gasteiger partial charge in [0.2, 0.25) is 5.91 Å². The van der Waals surface area contributed by atoms with Crippen LogP contribution in [0.2, 0.25) is 0 Å². The number of imide groups is 1. The second-order valence-corrected chi connectivity index (χ2v) is 29.0. The molecule has 44 nitrogen and oxygen atoms in total. The molecule has 26 atom stereocenters. The summed E-state index contributed by atoms with van der Waals surface area (Å²) in [5, 5.41) is 65.9. The first kappa shape index (κ1) is 80.7. The molecule has 95 heavy (non-hydrogen) atoms. The molecule has 0 aromatic rings. The SMILES string of the molecule is CCC1OC(COCC2C(C(=O)NNC(=O)CCN3C(=O)C=CC3=O)OC(OC3C(CC)OC(COCC4C(O)C(OS(=O)(=O)O)CC(OC5C(CC)OC(OC)C(NS(=O)(=O)O)C5O)C4S(=O)O)C(NS(=O)(=O)O)C3OS(=O)(=O)O)C(O)C2O)C(NS(=O)(=O)O)C(O)C1O. The minimum absolute atomic E-state index is 0.0165. The number of aliphatic hydroxyl groups excluding tert-OH is 6. The smallest absolute Gasteiger partial charge is 0.390 e. The van der Waals surface area contributed by atoms with Gasteiger partial charge in [-0.25, -0.2) is 12.6 Å². The molecular weight excluding hydrogens is 1420 g/mol. The van der Waals surface area contributed by atoms with E-state index in [0.717, 1.165) is 19.3 Å². The van der Waals surface area contributed by atoms with Gasteiger partial charge < -0.3 is 77.8 Å². The van der Waals surface area contributed by atoms with Crippen molar-refractivity contribution in [3.05, 3.63) is 12.2 Å². The number of methoxy groups -OCH3 is 1. The van der Waals surface area contributed by atoms with Crippen molar-refractivity contribution < 1.29 is 174 Å². The van der Waals surface area contributed by atoms with Crippen molar-refractivity contribution in [3.63, 3.8) is 0 Å². The average Bonchev–Trinajstić information content (AvgIpc) is 1.31. The van der Waals surface area contributed by atoms with Gasteiger partial charge in [-0.3, -0.25) is 57.7 Å². The van der Waals surface area contributed by atoms with E-state index in [4.69, 9.17) is 51.0 Å². The van der Waals surface area contributed by atoms with Crippen molar-refractivity contribution >= 4 is 86.4 Å². The number of hydrogen-bond acceptors (Lipinski definition) is 32. The minimum atomic E-state index is -5.88. The minimum Gasteiger partial charge on any atom is -0.390 e. The molecule has 5 aliphatic heterocycles. The molecule has 6 rings (SSSR count). The molecule has 0 spiro atoms. The molecule has 1 saturated carbocycles. The first-order valence-electron chi connectivity index (χ1n) is 28.5. The lowest BCUT2D eigenvalue weighted by atomic mass is 9.82. The molecule has 550 valence electrons. The molecule has 0 radical (unpaired) electrons. The van der Waals surface area contributed by atoms with Crippen molar-refractivity contribution in [1.29, 1.82) is 0 Å². The summed E-state index contributed by atoms with van der Waals surface area (Å²) >= 11 is -3.22. The maximum absolute atomic E-state index is 14.1. The average molecular weight is 1500 g/mol. The zero-order chi connectivity index (χ0) is 71.2. The third-order valence-electron chi connectivity index (χ3n) is 16.0. The highest BCUT2D eigenvalue weighted by molar-refractivity contribution is 7.84. The van der Waals surface area contributed by atoms with Crippen LogP contribution in [-0.4, -0.2) is 313 Å². The van der Waals surface area contributed by atoms with E-state index in [-0.39, 0.29) is 12.8 Å². The molecule has 4 saturated heterocycles. The van der Waals surface area contributed by atoms with E-state index in [1.807, 2.05) is 10.9 Å². The Balaban J connectivity index is 1.29. The molecule has 1 aliphatic carbocycles. The quantitative estimate of drug-likeness (QED) is 0.0133. The first-order chi connectivity index (χ1) is 44.0. The standard InChI is InChI=1S/C45H76N6O38S6/c1-5-19-34(57)35(58)29(48-91(64,65)66)24(82-19)15-80-13-17-33(56)37(60)45(86-38(17)43(61)47-46-26(52)10-11-51-27(53)8-9-28(51)54)87-40-21(7-3)83-25(30(49-92(67,68)69)41(40)89-95(76,77)78)16-81-14-18-32(55)22(88-94(73,74)75)12-23(42(18)90(62)63)84-39-20(6-2)85-44(79-4)31(36(39)59)50-93(70,71)72/h8-9,17-25,29-42,44-45,48-50,55-60H,5-7,10-16H2,1-4H3,(H,46,52)(H,47,61)(H,62,63)(H,64,65,66)(H,67,68,69)(H,70,71,72)(H,73,74,75)(H,76,77,78). The topological polar surface area (TPSA) is 664 Å². The van der Waals surface area contributed by atoms with Crippen LogP contribution in [-0.2, 0) is 133 Å². The second kappa shape index (κ2) is 33.4. The number of nitrogens with zero attached hydrogens (tertiary/aromatic N) is 1. The maximum Gasteiger partial charge on any atom is 0.397 e. The number of carbonyl (C=O) groups excluding carboxylic acids is 4. The van der Waals surface area contributed by atoms with Gasteiger partial charge in [0.25, 0.3) is 17.7 Å². The summed E-state index contributed by atoms with van der Waals surface area (Å²) in [6.45, 7) is -0.214. The van der Waals surface area contributed by atoms with E-state index < -0.39 is 290 Å². The normalized spacial score (nSPS) is 38.0. The molecule has 4 amide bonds. The number of carbonyl (C=O) groups is 4. The highest BCUT2D eigenvalue weighted by atomic mass is 32.3. The molecule has 0 aromatic carbocycles. The number of amides is 4. The summed E-state index contributed by atoms with van der Waals surface area (Å²) in [5.74, 6) is -7.85. The third-order valence-corrected chi connectivity index (χ3v) is 19.8. The van der Waals surface area contributed by atoms with E-state index in [0.29, 0.717) is 4.90 Å². The molecule has 0 aromatic heterocycles. The lowest BCUT2D eigenvalue weighted by molar-refractivity contribution is -0.323. The lowest BCUT2D eigenvalue weighted by Crippen LogP contribution is -2.68. The van der Waals surface area contributed by atoms with Gasteiger partial charge in [0, 0.05) is 50.5 Å². The van der Waals surface area contributed by atoms with E-state index in [1.54, 1.807) is 14.2 Å². The molecule has 0 bridgehead atoms. The fraction of sp³-hybridized carbons (Fsp3) is 0.867. The number of rotatable bonds is 31. The zero-order valence-corrected chi connectivity index (χ0v) is 54.9.